The molecule has 0 saturated heterocycles. The smallest absolute Gasteiger partial charge is 0.744 e. The second kappa shape index (κ2) is 9.14. The molecule has 0 bridgehead atoms. The predicted octanol–water partition coefficient (Wildman–Crippen LogP) is 0.354. The van der Waals surface area contributed by atoms with Crippen LogP contribution >= 0.6 is 0 Å². The maximum absolute atomic E-state index is 10.8. The van der Waals surface area contributed by atoms with E-state index in [0.717, 1.165) is 12.0 Å². The van der Waals surface area contributed by atoms with Crippen LogP contribution in [-0.4, -0.2) is 13.0 Å². The number of rotatable bonds is 7. The van der Waals surface area contributed by atoms with Crippen molar-refractivity contribution >= 4 is 10.1 Å². The molecule has 0 fully saturated rings. The van der Waals surface area contributed by atoms with Crippen LogP contribution in [-0.2, 0) is 16.5 Å². The van der Waals surface area contributed by atoms with Crippen LogP contribution in [0, 0.1) is 5.92 Å². The SMILES string of the molecule is CCCCCC(C)Cc1ccc(S(=O)(=O)[O-])cc1.[Na+]. The molecule has 3 nitrogen and oxygen atoms in total. The Kier molecular flexibility index (Phi) is 9.20. The molecule has 0 aromatic heterocycles. The van der Waals surface area contributed by atoms with E-state index in [1.807, 2.05) is 0 Å². The minimum atomic E-state index is -4.32. The first kappa shape index (κ1) is 19.1. The van der Waals surface area contributed by atoms with Gasteiger partial charge in [0.05, 0.1) is 4.90 Å². The van der Waals surface area contributed by atoms with Crippen molar-refractivity contribution in [3.8, 4) is 0 Å². The third-order valence-electron chi connectivity index (χ3n) is 3.10. The van der Waals surface area contributed by atoms with Gasteiger partial charge in [-0.25, -0.2) is 8.42 Å². The third kappa shape index (κ3) is 7.47. The normalized spacial score (nSPS) is 12.8. The molecule has 0 aliphatic carbocycles. The molecule has 5 heteroatoms. The summed E-state index contributed by atoms with van der Waals surface area (Å²) in [6, 6.07) is 6.27. The van der Waals surface area contributed by atoms with Gasteiger partial charge in [0.25, 0.3) is 0 Å². The fourth-order valence-corrected chi connectivity index (χ4v) is 2.51. The van der Waals surface area contributed by atoms with Crippen molar-refractivity contribution < 1.29 is 42.5 Å². The molecule has 102 valence electrons. The molecule has 19 heavy (non-hydrogen) atoms. The second-order valence-corrected chi connectivity index (χ2v) is 6.28. The van der Waals surface area contributed by atoms with Crippen LogP contribution in [0.2, 0.25) is 0 Å². The Bertz CT molecular complexity index is 454. The van der Waals surface area contributed by atoms with Crippen molar-refractivity contribution in [3.05, 3.63) is 29.8 Å². The molecule has 0 amide bonds. The van der Waals surface area contributed by atoms with Gasteiger partial charge in [0, 0.05) is 0 Å². The van der Waals surface area contributed by atoms with Crippen LogP contribution in [0.4, 0.5) is 0 Å². The van der Waals surface area contributed by atoms with Crippen molar-refractivity contribution in [1.29, 1.82) is 0 Å². The van der Waals surface area contributed by atoms with E-state index in [4.69, 9.17) is 0 Å². The second-order valence-electron chi connectivity index (χ2n) is 4.90. The monoisotopic (exact) mass is 292 g/mol. The number of benzene rings is 1. The van der Waals surface area contributed by atoms with E-state index >= 15 is 0 Å². The van der Waals surface area contributed by atoms with Crippen LogP contribution in [0.1, 0.15) is 45.1 Å². The van der Waals surface area contributed by atoms with Gasteiger partial charge in [0.2, 0.25) is 0 Å². The number of unbranched alkanes of at least 4 members (excludes halogenated alkanes) is 2. The standard InChI is InChI=1S/C14H22O3S.Na/c1-3-4-5-6-12(2)11-13-7-9-14(10-8-13)18(15,16)17;/h7-10,12H,3-6,11H2,1-2H3,(H,15,16,17);/q;+1/p-1. The van der Waals surface area contributed by atoms with Gasteiger partial charge in [-0.1, -0.05) is 51.7 Å². The van der Waals surface area contributed by atoms with E-state index in [2.05, 4.69) is 13.8 Å². The fraction of sp³-hybridized carbons (Fsp3) is 0.571. The summed E-state index contributed by atoms with van der Waals surface area (Å²) >= 11 is 0. The molecule has 0 saturated carbocycles. The molecule has 1 aromatic rings. The zero-order valence-corrected chi connectivity index (χ0v) is 14.9. The van der Waals surface area contributed by atoms with Crippen molar-refractivity contribution in [2.75, 3.05) is 0 Å². The first-order valence-corrected chi connectivity index (χ1v) is 7.89. The molecule has 1 rings (SSSR count). The molecular formula is C14H21NaO3S. The van der Waals surface area contributed by atoms with Crippen LogP contribution < -0.4 is 29.6 Å². The van der Waals surface area contributed by atoms with E-state index in [0.29, 0.717) is 5.92 Å². The number of hydrogen-bond donors (Lipinski definition) is 0. The minimum absolute atomic E-state index is 0. The van der Waals surface area contributed by atoms with Crippen LogP contribution in [0.25, 0.3) is 0 Å². The largest absolute Gasteiger partial charge is 1.00 e. The van der Waals surface area contributed by atoms with Gasteiger partial charge in [-0.2, -0.15) is 0 Å². The fourth-order valence-electron chi connectivity index (χ4n) is 2.04. The maximum atomic E-state index is 10.8. The summed E-state index contributed by atoms with van der Waals surface area (Å²) in [5.74, 6) is 0.589. The summed E-state index contributed by atoms with van der Waals surface area (Å²) in [4.78, 5) is -0.148. The predicted molar refractivity (Wildman–Crippen MR) is 71.4 cm³/mol. The van der Waals surface area contributed by atoms with Gasteiger partial charge in [-0.15, -0.1) is 0 Å². The summed E-state index contributed by atoms with van der Waals surface area (Å²) in [5, 5.41) is 0. The Morgan fingerprint density at radius 1 is 1.16 bits per heavy atom. The molecule has 1 aromatic carbocycles. The molecular weight excluding hydrogens is 271 g/mol. The third-order valence-corrected chi connectivity index (χ3v) is 3.95. The zero-order chi connectivity index (χ0) is 13.6. The molecule has 1 unspecified atom stereocenters. The van der Waals surface area contributed by atoms with Gasteiger partial charge < -0.3 is 4.55 Å². The molecule has 0 N–H and O–H groups in total. The van der Waals surface area contributed by atoms with Crippen molar-refractivity contribution in [2.24, 2.45) is 5.92 Å². The van der Waals surface area contributed by atoms with E-state index in [1.165, 1.54) is 37.8 Å². The topological polar surface area (TPSA) is 57.2 Å². The molecule has 0 radical (unpaired) electrons. The van der Waals surface area contributed by atoms with Gasteiger partial charge in [-0.05, 0) is 30.0 Å². The van der Waals surface area contributed by atoms with E-state index < -0.39 is 10.1 Å². The van der Waals surface area contributed by atoms with E-state index in [-0.39, 0.29) is 34.5 Å². The molecule has 0 heterocycles. The summed E-state index contributed by atoms with van der Waals surface area (Å²) in [6.07, 6.45) is 5.85. The van der Waals surface area contributed by atoms with Crippen LogP contribution in [0.3, 0.4) is 0 Å². The van der Waals surface area contributed by atoms with Crippen molar-refractivity contribution in [3.63, 3.8) is 0 Å². The Morgan fingerprint density at radius 3 is 2.21 bits per heavy atom. The Labute approximate surface area is 138 Å². The summed E-state index contributed by atoms with van der Waals surface area (Å²) in [7, 11) is -4.32. The van der Waals surface area contributed by atoms with Crippen molar-refractivity contribution in [2.45, 2.75) is 50.8 Å². The summed E-state index contributed by atoms with van der Waals surface area (Å²) < 4.78 is 32.4. The molecule has 0 aliphatic heterocycles. The Morgan fingerprint density at radius 2 is 1.74 bits per heavy atom. The zero-order valence-electron chi connectivity index (χ0n) is 12.1. The Hall–Kier alpha value is 0.130. The first-order chi connectivity index (χ1) is 8.43. The minimum Gasteiger partial charge on any atom is -0.744 e. The quantitative estimate of drug-likeness (QED) is 0.414. The molecule has 1 atom stereocenters. The van der Waals surface area contributed by atoms with Crippen LogP contribution in [0.5, 0.6) is 0 Å². The average Bonchev–Trinajstić information content (AvgIpc) is 2.29. The van der Waals surface area contributed by atoms with Gasteiger partial charge in [0.15, 0.2) is 0 Å². The first-order valence-electron chi connectivity index (χ1n) is 6.48. The number of hydrogen-bond acceptors (Lipinski definition) is 3. The van der Waals surface area contributed by atoms with Crippen molar-refractivity contribution in [1.82, 2.24) is 0 Å². The molecule has 0 aliphatic rings. The average molecular weight is 292 g/mol. The van der Waals surface area contributed by atoms with E-state index in [1.54, 1.807) is 12.1 Å². The van der Waals surface area contributed by atoms with Gasteiger partial charge >= 0.3 is 29.6 Å². The van der Waals surface area contributed by atoms with Gasteiger partial charge in [0.1, 0.15) is 10.1 Å². The summed E-state index contributed by atoms with van der Waals surface area (Å²) in [5.41, 5.74) is 1.09. The van der Waals surface area contributed by atoms with Crippen LogP contribution in [0.15, 0.2) is 29.2 Å². The Balaban J connectivity index is 0.00000324. The summed E-state index contributed by atoms with van der Waals surface area (Å²) in [6.45, 7) is 4.39. The van der Waals surface area contributed by atoms with E-state index in [9.17, 15) is 13.0 Å². The van der Waals surface area contributed by atoms with Gasteiger partial charge in [-0.3, -0.25) is 0 Å². The maximum Gasteiger partial charge on any atom is 1.00 e. The molecule has 0 spiro atoms.